The predicted molar refractivity (Wildman–Crippen MR) is 72.9 cm³/mol. The molecule has 1 aromatic carbocycles. The highest BCUT2D eigenvalue weighted by Crippen LogP contribution is 2.18. The molecular formula is C14H15NO2S. The monoisotopic (exact) mass is 261 g/mol. The second-order valence-corrected chi connectivity index (χ2v) is 5.40. The van der Waals surface area contributed by atoms with Gasteiger partial charge >= 0.3 is 5.97 Å². The van der Waals surface area contributed by atoms with E-state index in [2.05, 4.69) is 17.0 Å². The van der Waals surface area contributed by atoms with E-state index in [4.69, 9.17) is 5.11 Å². The standard InChI is InChI=1S/C14H15NO2S/c1-15(9-11-5-3-2-4-6-11)10-12-7-8-13(18-12)14(16)17/h2-8H,9-10H2,1H3,(H,16,17). The van der Waals surface area contributed by atoms with Gasteiger partial charge < -0.3 is 5.11 Å². The first-order valence-electron chi connectivity index (χ1n) is 5.69. The molecule has 0 bridgehead atoms. The number of nitrogens with zero attached hydrogens (tertiary/aromatic N) is 1. The average Bonchev–Trinajstić information content (AvgIpc) is 2.78. The summed E-state index contributed by atoms with van der Waals surface area (Å²) in [6.45, 7) is 1.63. The zero-order chi connectivity index (χ0) is 13.0. The van der Waals surface area contributed by atoms with Crippen LogP contribution in [-0.4, -0.2) is 23.0 Å². The van der Waals surface area contributed by atoms with Gasteiger partial charge in [0.25, 0.3) is 0 Å². The summed E-state index contributed by atoms with van der Waals surface area (Å²) >= 11 is 1.34. The molecule has 1 N–H and O–H groups in total. The van der Waals surface area contributed by atoms with E-state index in [1.54, 1.807) is 6.07 Å². The Hall–Kier alpha value is -1.65. The Morgan fingerprint density at radius 1 is 1.17 bits per heavy atom. The van der Waals surface area contributed by atoms with Crippen molar-refractivity contribution in [2.45, 2.75) is 13.1 Å². The zero-order valence-corrected chi connectivity index (χ0v) is 11.0. The molecule has 0 unspecified atom stereocenters. The lowest BCUT2D eigenvalue weighted by atomic mass is 10.2. The lowest BCUT2D eigenvalue weighted by Gasteiger charge is -2.15. The van der Waals surface area contributed by atoms with Crippen molar-refractivity contribution in [1.29, 1.82) is 0 Å². The number of carbonyl (C=O) groups is 1. The summed E-state index contributed by atoms with van der Waals surface area (Å²) in [7, 11) is 2.03. The summed E-state index contributed by atoms with van der Waals surface area (Å²) < 4.78 is 0. The maximum absolute atomic E-state index is 10.8. The second-order valence-electron chi connectivity index (χ2n) is 4.23. The molecule has 2 aromatic rings. The molecule has 1 heterocycles. The largest absolute Gasteiger partial charge is 0.477 e. The number of hydrogen-bond donors (Lipinski definition) is 1. The van der Waals surface area contributed by atoms with Crippen LogP contribution in [0.1, 0.15) is 20.1 Å². The Bertz CT molecular complexity index is 522. The van der Waals surface area contributed by atoms with Crippen molar-refractivity contribution in [2.24, 2.45) is 0 Å². The Balaban J connectivity index is 1.94. The topological polar surface area (TPSA) is 40.5 Å². The van der Waals surface area contributed by atoms with Crippen LogP contribution >= 0.6 is 11.3 Å². The van der Waals surface area contributed by atoms with E-state index < -0.39 is 5.97 Å². The molecule has 0 aliphatic carbocycles. The third kappa shape index (κ3) is 3.42. The van der Waals surface area contributed by atoms with Crippen molar-refractivity contribution < 1.29 is 9.90 Å². The van der Waals surface area contributed by atoms with E-state index in [0.717, 1.165) is 18.0 Å². The summed E-state index contributed by atoms with van der Waals surface area (Å²) in [6.07, 6.45) is 0. The average molecular weight is 261 g/mol. The molecule has 4 heteroatoms. The molecule has 0 amide bonds. The van der Waals surface area contributed by atoms with Gasteiger partial charge in [0.1, 0.15) is 4.88 Å². The van der Waals surface area contributed by atoms with Gasteiger partial charge in [-0.1, -0.05) is 30.3 Å². The molecule has 1 aromatic heterocycles. The summed E-state index contributed by atoms with van der Waals surface area (Å²) in [4.78, 5) is 14.4. The molecule has 0 fully saturated rings. The van der Waals surface area contributed by atoms with Gasteiger partial charge in [-0.05, 0) is 24.7 Å². The zero-order valence-electron chi connectivity index (χ0n) is 10.2. The van der Waals surface area contributed by atoms with E-state index in [9.17, 15) is 4.79 Å². The predicted octanol–water partition coefficient (Wildman–Crippen LogP) is 3.08. The first-order chi connectivity index (χ1) is 8.65. The number of thiophene rings is 1. The Morgan fingerprint density at radius 2 is 1.89 bits per heavy atom. The van der Waals surface area contributed by atoms with Gasteiger partial charge in [0.05, 0.1) is 0 Å². The van der Waals surface area contributed by atoms with E-state index >= 15 is 0 Å². The third-order valence-corrected chi connectivity index (χ3v) is 3.65. The first kappa shape index (κ1) is 12.8. The summed E-state index contributed by atoms with van der Waals surface area (Å²) in [5.41, 5.74) is 1.26. The van der Waals surface area contributed by atoms with Crippen molar-refractivity contribution in [3.8, 4) is 0 Å². The van der Waals surface area contributed by atoms with Gasteiger partial charge in [0.2, 0.25) is 0 Å². The lowest BCUT2D eigenvalue weighted by molar-refractivity contribution is 0.0702. The molecule has 0 atom stereocenters. The molecule has 3 nitrogen and oxygen atoms in total. The maximum Gasteiger partial charge on any atom is 0.345 e. The molecular weight excluding hydrogens is 246 g/mol. The number of carboxylic acid groups (broad SMARTS) is 1. The summed E-state index contributed by atoms with van der Waals surface area (Å²) in [6, 6.07) is 13.8. The van der Waals surface area contributed by atoms with Crippen molar-refractivity contribution in [2.75, 3.05) is 7.05 Å². The molecule has 0 spiro atoms. The Morgan fingerprint density at radius 3 is 2.50 bits per heavy atom. The summed E-state index contributed by atoms with van der Waals surface area (Å²) in [5, 5.41) is 8.86. The number of benzene rings is 1. The van der Waals surface area contributed by atoms with Gasteiger partial charge in [-0.15, -0.1) is 11.3 Å². The van der Waals surface area contributed by atoms with Crippen LogP contribution in [0.4, 0.5) is 0 Å². The fourth-order valence-corrected chi connectivity index (χ4v) is 2.72. The molecule has 0 saturated carbocycles. The SMILES string of the molecule is CN(Cc1ccccc1)Cc1ccc(C(=O)O)s1. The van der Waals surface area contributed by atoms with E-state index in [0.29, 0.717) is 4.88 Å². The van der Waals surface area contributed by atoms with Crippen molar-refractivity contribution in [1.82, 2.24) is 4.90 Å². The molecule has 94 valence electrons. The van der Waals surface area contributed by atoms with Crippen LogP contribution in [0.2, 0.25) is 0 Å². The fourth-order valence-electron chi connectivity index (χ4n) is 1.79. The minimum Gasteiger partial charge on any atom is -0.477 e. The lowest BCUT2D eigenvalue weighted by Crippen LogP contribution is -2.16. The molecule has 0 radical (unpaired) electrons. The van der Waals surface area contributed by atoms with Gasteiger partial charge in [-0.3, -0.25) is 4.90 Å². The van der Waals surface area contributed by atoms with Crippen LogP contribution in [0.5, 0.6) is 0 Å². The molecule has 18 heavy (non-hydrogen) atoms. The highest BCUT2D eigenvalue weighted by atomic mass is 32.1. The number of rotatable bonds is 5. The molecule has 0 aliphatic rings. The Kier molecular flexibility index (Phi) is 4.12. The molecule has 0 saturated heterocycles. The van der Waals surface area contributed by atoms with Gasteiger partial charge in [-0.25, -0.2) is 4.79 Å². The smallest absolute Gasteiger partial charge is 0.345 e. The quantitative estimate of drug-likeness (QED) is 0.899. The van der Waals surface area contributed by atoms with Crippen molar-refractivity contribution >= 4 is 17.3 Å². The molecule has 0 aliphatic heterocycles. The van der Waals surface area contributed by atoms with Gasteiger partial charge in [0.15, 0.2) is 0 Å². The van der Waals surface area contributed by atoms with Crippen LogP contribution in [0.3, 0.4) is 0 Å². The van der Waals surface area contributed by atoms with Gasteiger partial charge in [0, 0.05) is 18.0 Å². The van der Waals surface area contributed by atoms with Crippen LogP contribution in [0.25, 0.3) is 0 Å². The van der Waals surface area contributed by atoms with Crippen LogP contribution < -0.4 is 0 Å². The summed E-state index contributed by atoms with van der Waals surface area (Å²) in [5.74, 6) is -0.850. The maximum atomic E-state index is 10.8. The van der Waals surface area contributed by atoms with Crippen LogP contribution in [0, 0.1) is 0 Å². The minimum atomic E-state index is -0.850. The van der Waals surface area contributed by atoms with Crippen molar-refractivity contribution in [3.63, 3.8) is 0 Å². The third-order valence-electron chi connectivity index (χ3n) is 2.59. The number of carboxylic acids is 1. The van der Waals surface area contributed by atoms with Crippen molar-refractivity contribution in [3.05, 3.63) is 57.8 Å². The minimum absolute atomic E-state index is 0.401. The van der Waals surface area contributed by atoms with E-state index in [1.165, 1.54) is 16.9 Å². The first-order valence-corrected chi connectivity index (χ1v) is 6.51. The van der Waals surface area contributed by atoms with Gasteiger partial charge in [-0.2, -0.15) is 0 Å². The molecule has 2 rings (SSSR count). The fraction of sp³-hybridized carbons (Fsp3) is 0.214. The number of hydrogen-bond acceptors (Lipinski definition) is 3. The number of aromatic carboxylic acids is 1. The van der Waals surface area contributed by atoms with E-state index in [-0.39, 0.29) is 0 Å². The Labute approximate surface area is 110 Å². The normalized spacial score (nSPS) is 10.8. The highest BCUT2D eigenvalue weighted by molar-refractivity contribution is 7.13. The second kappa shape index (κ2) is 5.80. The van der Waals surface area contributed by atoms with Crippen LogP contribution in [0.15, 0.2) is 42.5 Å². The van der Waals surface area contributed by atoms with E-state index in [1.807, 2.05) is 31.3 Å². The van der Waals surface area contributed by atoms with Crippen LogP contribution in [-0.2, 0) is 13.1 Å². The highest BCUT2D eigenvalue weighted by Gasteiger charge is 2.08.